The Kier molecular flexibility index (Phi) is 6.00. The van der Waals surface area contributed by atoms with Crippen LogP contribution in [0.3, 0.4) is 0 Å². The summed E-state index contributed by atoms with van der Waals surface area (Å²) in [5.74, 6) is -1.11. The van der Waals surface area contributed by atoms with Gasteiger partial charge in [0.05, 0.1) is 0 Å². The fourth-order valence-electron chi connectivity index (χ4n) is 2.02. The van der Waals surface area contributed by atoms with Crippen LogP contribution in [0.25, 0.3) is 0 Å². The number of hydrogen-bond acceptors (Lipinski definition) is 5. The predicted octanol–water partition coefficient (Wildman–Crippen LogP) is -0.679. The Morgan fingerprint density at radius 1 is 1.26 bits per heavy atom. The Morgan fingerprint density at radius 2 is 1.95 bits per heavy atom. The second-order valence-electron chi connectivity index (χ2n) is 4.75. The van der Waals surface area contributed by atoms with E-state index in [9.17, 15) is 14.7 Å². The van der Waals surface area contributed by atoms with Gasteiger partial charge in [0.1, 0.15) is 6.04 Å². The van der Waals surface area contributed by atoms with Crippen LogP contribution in [-0.4, -0.2) is 83.0 Å². The molecule has 1 heterocycles. The summed E-state index contributed by atoms with van der Waals surface area (Å²) in [5.41, 5.74) is 5.40. The molecule has 0 aromatic heterocycles. The summed E-state index contributed by atoms with van der Waals surface area (Å²) in [4.78, 5) is 24.0. The standard InChI is InChI=1S/C11H22N4O4/c1-13-4-2-5-14(8-7-13)15(11(18)19)6-3-9(12)10(16)17/h9H,2-8,12H2,1H3,(H,16,17)(H,18,19). The maximum atomic E-state index is 11.3. The molecule has 110 valence electrons. The van der Waals surface area contributed by atoms with Crippen LogP contribution in [0.1, 0.15) is 12.8 Å². The van der Waals surface area contributed by atoms with Crippen molar-refractivity contribution < 1.29 is 19.8 Å². The molecule has 0 aliphatic carbocycles. The van der Waals surface area contributed by atoms with Gasteiger partial charge in [0.15, 0.2) is 0 Å². The van der Waals surface area contributed by atoms with E-state index in [1.54, 1.807) is 5.01 Å². The molecule has 1 aliphatic heterocycles. The molecule has 1 aliphatic rings. The predicted molar refractivity (Wildman–Crippen MR) is 68.6 cm³/mol. The monoisotopic (exact) mass is 274 g/mol. The molecule has 1 rings (SSSR count). The second kappa shape index (κ2) is 7.27. The molecule has 4 N–H and O–H groups in total. The number of nitrogens with zero attached hydrogens (tertiary/aromatic N) is 3. The van der Waals surface area contributed by atoms with Crippen molar-refractivity contribution in [2.75, 3.05) is 39.8 Å². The molecule has 1 fully saturated rings. The Labute approximate surface area is 112 Å². The number of carboxylic acids is 1. The summed E-state index contributed by atoms with van der Waals surface area (Å²) in [6.45, 7) is 3.09. The highest BCUT2D eigenvalue weighted by atomic mass is 16.4. The summed E-state index contributed by atoms with van der Waals surface area (Å²) in [7, 11) is 1.99. The first kappa shape index (κ1) is 15.7. The first-order valence-electron chi connectivity index (χ1n) is 6.34. The third-order valence-corrected chi connectivity index (χ3v) is 3.23. The number of aliphatic carboxylic acids is 1. The topological polar surface area (TPSA) is 110 Å². The van der Waals surface area contributed by atoms with E-state index in [1.807, 2.05) is 7.05 Å². The summed E-state index contributed by atoms with van der Waals surface area (Å²) in [6, 6.07) is -1.03. The van der Waals surface area contributed by atoms with E-state index in [-0.39, 0.29) is 13.0 Å². The van der Waals surface area contributed by atoms with Crippen molar-refractivity contribution in [3.8, 4) is 0 Å². The quantitative estimate of drug-likeness (QED) is 0.609. The van der Waals surface area contributed by atoms with Crippen LogP contribution < -0.4 is 5.73 Å². The van der Waals surface area contributed by atoms with Gasteiger partial charge < -0.3 is 20.8 Å². The lowest BCUT2D eigenvalue weighted by Gasteiger charge is -2.32. The van der Waals surface area contributed by atoms with Gasteiger partial charge in [-0.05, 0) is 26.4 Å². The molecule has 0 aromatic carbocycles. The van der Waals surface area contributed by atoms with Gasteiger partial charge in [-0.3, -0.25) is 4.79 Å². The summed E-state index contributed by atoms with van der Waals surface area (Å²) in [6.07, 6.45) is -0.0821. The number of hydrazine groups is 1. The molecule has 19 heavy (non-hydrogen) atoms. The van der Waals surface area contributed by atoms with Gasteiger partial charge in [-0.2, -0.15) is 0 Å². The second-order valence-corrected chi connectivity index (χ2v) is 4.75. The molecule has 1 atom stereocenters. The Hall–Kier alpha value is -1.38. The molecular formula is C11H22N4O4. The van der Waals surface area contributed by atoms with E-state index in [2.05, 4.69) is 4.90 Å². The van der Waals surface area contributed by atoms with E-state index >= 15 is 0 Å². The van der Waals surface area contributed by atoms with E-state index in [0.29, 0.717) is 13.1 Å². The number of nitrogens with two attached hydrogens (primary N) is 1. The van der Waals surface area contributed by atoms with Crippen LogP contribution in [-0.2, 0) is 4.79 Å². The molecule has 0 spiro atoms. The van der Waals surface area contributed by atoms with E-state index in [0.717, 1.165) is 19.5 Å². The minimum absolute atomic E-state index is 0.104. The lowest BCUT2D eigenvalue weighted by atomic mass is 10.2. The summed E-state index contributed by atoms with van der Waals surface area (Å²) < 4.78 is 0. The molecule has 8 nitrogen and oxygen atoms in total. The average molecular weight is 274 g/mol. The maximum Gasteiger partial charge on any atom is 0.421 e. The lowest BCUT2D eigenvalue weighted by Crippen LogP contribution is -2.49. The zero-order valence-corrected chi connectivity index (χ0v) is 11.2. The largest absolute Gasteiger partial charge is 0.480 e. The number of hydrogen-bond donors (Lipinski definition) is 3. The van der Waals surface area contributed by atoms with Crippen molar-refractivity contribution in [2.45, 2.75) is 18.9 Å². The van der Waals surface area contributed by atoms with E-state index in [4.69, 9.17) is 10.8 Å². The van der Waals surface area contributed by atoms with Gasteiger partial charge in [-0.25, -0.2) is 14.8 Å². The normalized spacial score (nSPS) is 19.7. The van der Waals surface area contributed by atoms with Crippen molar-refractivity contribution >= 4 is 12.1 Å². The first-order chi connectivity index (χ1) is 8.91. The van der Waals surface area contributed by atoms with Gasteiger partial charge in [0.2, 0.25) is 0 Å². The van der Waals surface area contributed by atoms with Gasteiger partial charge in [0, 0.05) is 26.2 Å². The number of rotatable bonds is 5. The fraction of sp³-hybridized carbons (Fsp3) is 0.818. The van der Waals surface area contributed by atoms with Crippen molar-refractivity contribution in [2.24, 2.45) is 5.73 Å². The number of carboxylic acid groups (broad SMARTS) is 2. The van der Waals surface area contributed by atoms with Crippen molar-refractivity contribution in [1.29, 1.82) is 0 Å². The number of likely N-dealkylation sites (N-methyl/N-ethyl adjacent to an activating group) is 1. The minimum Gasteiger partial charge on any atom is -0.480 e. The minimum atomic E-state index is -1.11. The summed E-state index contributed by atoms with van der Waals surface area (Å²) >= 11 is 0. The smallest absolute Gasteiger partial charge is 0.421 e. The van der Waals surface area contributed by atoms with Crippen LogP contribution in [0.5, 0.6) is 0 Å². The third-order valence-electron chi connectivity index (χ3n) is 3.23. The Bertz CT molecular complexity index is 326. The van der Waals surface area contributed by atoms with Crippen LogP contribution in [0.15, 0.2) is 0 Å². The SMILES string of the molecule is CN1CCCN(N(CCC(N)C(=O)O)C(=O)O)CC1. The van der Waals surface area contributed by atoms with Gasteiger partial charge in [-0.15, -0.1) is 0 Å². The van der Waals surface area contributed by atoms with E-state index < -0.39 is 18.1 Å². The number of amides is 1. The van der Waals surface area contributed by atoms with Crippen LogP contribution in [0.4, 0.5) is 4.79 Å². The molecule has 1 amide bonds. The van der Waals surface area contributed by atoms with Gasteiger partial charge >= 0.3 is 12.1 Å². The Morgan fingerprint density at radius 3 is 2.53 bits per heavy atom. The van der Waals surface area contributed by atoms with Gasteiger partial charge in [0.25, 0.3) is 0 Å². The Balaban J connectivity index is 2.56. The molecular weight excluding hydrogens is 252 g/mol. The van der Waals surface area contributed by atoms with Crippen LogP contribution in [0, 0.1) is 0 Å². The highest BCUT2D eigenvalue weighted by Crippen LogP contribution is 2.07. The highest BCUT2D eigenvalue weighted by Gasteiger charge is 2.24. The van der Waals surface area contributed by atoms with Crippen molar-refractivity contribution in [3.05, 3.63) is 0 Å². The maximum absolute atomic E-state index is 11.3. The lowest BCUT2D eigenvalue weighted by molar-refractivity contribution is -0.139. The van der Waals surface area contributed by atoms with Gasteiger partial charge in [-0.1, -0.05) is 0 Å². The first-order valence-corrected chi connectivity index (χ1v) is 6.34. The fourth-order valence-corrected chi connectivity index (χ4v) is 2.02. The van der Waals surface area contributed by atoms with Crippen molar-refractivity contribution in [1.82, 2.24) is 14.9 Å². The van der Waals surface area contributed by atoms with E-state index in [1.165, 1.54) is 5.01 Å². The molecule has 0 radical (unpaired) electrons. The number of carbonyl (C=O) groups is 2. The molecule has 0 aromatic rings. The van der Waals surface area contributed by atoms with Crippen LogP contribution >= 0.6 is 0 Å². The average Bonchev–Trinajstić information content (AvgIpc) is 2.54. The molecule has 0 bridgehead atoms. The molecule has 0 saturated carbocycles. The third kappa shape index (κ3) is 5.01. The van der Waals surface area contributed by atoms with Crippen LogP contribution in [0.2, 0.25) is 0 Å². The molecule has 1 saturated heterocycles. The highest BCUT2D eigenvalue weighted by molar-refractivity contribution is 5.73. The zero-order chi connectivity index (χ0) is 14.4. The van der Waals surface area contributed by atoms with Crippen molar-refractivity contribution in [3.63, 3.8) is 0 Å². The summed E-state index contributed by atoms with van der Waals surface area (Å²) in [5, 5.41) is 20.9. The molecule has 8 heteroatoms. The molecule has 1 unspecified atom stereocenters. The zero-order valence-electron chi connectivity index (χ0n) is 11.2.